The highest BCUT2D eigenvalue weighted by Gasteiger charge is 2.33. The summed E-state index contributed by atoms with van der Waals surface area (Å²) in [5.74, 6) is -0.529. The van der Waals surface area contributed by atoms with E-state index >= 15 is 0 Å². The van der Waals surface area contributed by atoms with Crippen LogP contribution in [0.15, 0.2) is 24.3 Å². The van der Waals surface area contributed by atoms with Crippen LogP contribution < -0.4 is 10.6 Å². The smallest absolute Gasteiger partial charge is 0.418 e. The Labute approximate surface area is 119 Å². The monoisotopic (exact) mass is 304 g/mol. The second kappa shape index (κ2) is 6.96. The van der Waals surface area contributed by atoms with Gasteiger partial charge in [0.05, 0.1) is 24.8 Å². The third-order valence-electron chi connectivity index (χ3n) is 2.56. The van der Waals surface area contributed by atoms with Crippen LogP contribution in [0, 0.1) is 0 Å². The summed E-state index contributed by atoms with van der Waals surface area (Å²) in [6.45, 7) is 1.53. The number of hydrogen-bond donors (Lipinski definition) is 2. The molecule has 0 heterocycles. The average molecular weight is 304 g/mol. The van der Waals surface area contributed by atoms with Crippen molar-refractivity contribution >= 4 is 17.7 Å². The summed E-state index contributed by atoms with van der Waals surface area (Å²) in [4.78, 5) is 22.6. The molecule has 0 spiro atoms. The second-order valence-corrected chi connectivity index (χ2v) is 4.32. The van der Waals surface area contributed by atoms with Crippen LogP contribution in [-0.2, 0) is 15.7 Å². The van der Waals surface area contributed by atoms with Gasteiger partial charge in [0, 0.05) is 6.04 Å². The van der Waals surface area contributed by atoms with E-state index in [0.29, 0.717) is 0 Å². The van der Waals surface area contributed by atoms with E-state index in [0.717, 1.165) is 12.1 Å². The van der Waals surface area contributed by atoms with Gasteiger partial charge < -0.3 is 15.4 Å². The number of para-hydroxylation sites is 1. The van der Waals surface area contributed by atoms with Crippen molar-refractivity contribution in [2.75, 3.05) is 12.4 Å². The Morgan fingerprint density at radius 1 is 1.29 bits per heavy atom. The maximum Gasteiger partial charge on any atom is 0.418 e. The van der Waals surface area contributed by atoms with Crippen LogP contribution in [0.1, 0.15) is 18.9 Å². The van der Waals surface area contributed by atoms with Gasteiger partial charge in [-0.15, -0.1) is 0 Å². The zero-order chi connectivity index (χ0) is 16.0. The minimum absolute atomic E-state index is 0.0785. The summed E-state index contributed by atoms with van der Waals surface area (Å²) in [6.07, 6.45) is -4.65. The van der Waals surface area contributed by atoms with Gasteiger partial charge in [0.1, 0.15) is 0 Å². The third kappa shape index (κ3) is 5.33. The molecule has 0 aliphatic heterocycles. The summed E-state index contributed by atoms with van der Waals surface area (Å²) < 4.78 is 42.7. The van der Waals surface area contributed by atoms with E-state index in [9.17, 15) is 22.8 Å². The number of ether oxygens (including phenoxy) is 1. The van der Waals surface area contributed by atoms with Crippen molar-refractivity contribution < 1.29 is 27.5 Å². The molecule has 116 valence electrons. The normalized spacial score (nSPS) is 12.4. The van der Waals surface area contributed by atoms with Gasteiger partial charge in [-0.2, -0.15) is 13.2 Å². The van der Waals surface area contributed by atoms with Crippen molar-refractivity contribution in [1.29, 1.82) is 0 Å². The van der Waals surface area contributed by atoms with Gasteiger partial charge >= 0.3 is 18.2 Å². The van der Waals surface area contributed by atoms with E-state index in [1.54, 1.807) is 0 Å². The first-order valence-electron chi connectivity index (χ1n) is 6.04. The molecule has 0 saturated carbocycles. The molecule has 2 N–H and O–H groups in total. The van der Waals surface area contributed by atoms with Gasteiger partial charge in [-0.3, -0.25) is 4.79 Å². The summed E-state index contributed by atoms with van der Waals surface area (Å²) in [5, 5.41) is 4.47. The largest absolute Gasteiger partial charge is 0.469 e. The molecule has 0 aliphatic carbocycles. The number of hydrogen-bond acceptors (Lipinski definition) is 3. The van der Waals surface area contributed by atoms with Gasteiger partial charge in [-0.25, -0.2) is 4.79 Å². The number of rotatable bonds is 4. The third-order valence-corrected chi connectivity index (χ3v) is 2.56. The molecule has 8 heteroatoms. The van der Waals surface area contributed by atoms with Crippen molar-refractivity contribution in [2.45, 2.75) is 25.6 Å². The van der Waals surface area contributed by atoms with Crippen LogP contribution in [-0.4, -0.2) is 25.2 Å². The fourth-order valence-corrected chi connectivity index (χ4v) is 1.61. The minimum Gasteiger partial charge on any atom is -0.469 e. The molecule has 0 bridgehead atoms. The number of carbonyl (C=O) groups excluding carboxylic acids is 2. The highest BCUT2D eigenvalue weighted by molar-refractivity contribution is 5.90. The molecule has 1 atom stereocenters. The summed E-state index contributed by atoms with van der Waals surface area (Å²) in [6, 6.07) is 3.22. The Bertz CT molecular complexity index is 518. The maximum absolute atomic E-state index is 12.7. The van der Waals surface area contributed by atoms with E-state index in [4.69, 9.17) is 0 Å². The second-order valence-electron chi connectivity index (χ2n) is 4.32. The molecule has 0 radical (unpaired) electrons. The van der Waals surface area contributed by atoms with Crippen molar-refractivity contribution in [2.24, 2.45) is 0 Å². The predicted octanol–water partition coefficient (Wildman–Crippen LogP) is 2.78. The topological polar surface area (TPSA) is 67.4 Å². The molecule has 0 fully saturated rings. The minimum atomic E-state index is -4.57. The quantitative estimate of drug-likeness (QED) is 0.841. The predicted molar refractivity (Wildman–Crippen MR) is 69.7 cm³/mol. The molecule has 2 amide bonds. The number of esters is 1. The van der Waals surface area contributed by atoms with Crippen LogP contribution in [0.5, 0.6) is 0 Å². The number of anilines is 1. The molecule has 0 aromatic heterocycles. The fourth-order valence-electron chi connectivity index (χ4n) is 1.61. The molecular weight excluding hydrogens is 289 g/mol. The van der Waals surface area contributed by atoms with Gasteiger partial charge in [0.15, 0.2) is 0 Å². The number of carbonyl (C=O) groups is 2. The van der Waals surface area contributed by atoms with E-state index in [1.807, 2.05) is 0 Å². The Morgan fingerprint density at radius 3 is 2.48 bits per heavy atom. The highest BCUT2D eigenvalue weighted by atomic mass is 19.4. The standard InChI is InChI=1S/C13H15F3N2O3/c1-8(7-11(19)21-2)17-12(20)18-10-6-4-3-5-9(10)13(14,15)16/h3-6,8H,7H2,1-2H3,(H2,17,18,20)/t8-/m1/s1. The number of nitrogens with one attached hydrogen (secondary N) is 2. The highest BCUT2D eigenvalue weighted by Crippen LogP contribution is 2.34. The van der Waals surface area contributed by atoms with Crippen molar-refractivity contribution in [3.8, 4) is 0 Å². The molecule has 0 unspecified atom stereocenters. The van der Waals surface area contributed by atoms with Crippen molar-refractivity contribution in [3.63, 3.8) is 0 Å². The summed E-state index contributed by atoms with van der Waals surface area (Å²) >= 11 is 0. The van der Waals surface area contributed by atoms with Crippen LogP contribution in [0.4, 0.5) is 23.7 Å². The van der Waals surface area contributed by atoms with Crippen molar-refractivity contribution in [3.05, 3.63) is 29.8 Å². The van der Waals surface area contributed by atoms with E-state index in [-0.39, 0.29) is 12.1 Å². The van der Waals surface area contributed by atoms with Gasteiger partial charge in [-0.1, -0.05) is 12.1 Å². The Hall–Kier alpha value is -2.25. The lowest BCUT2D eigenvalue weighted by Crippen LogP contribution is -2.37. The molecule has 1 aromatic rings. The van der Waals surface area contributed by atoms with Gasteiger partial charge in [0.2, 0.25) is 0 Å². The Kier molecular flexibility index (Phi) is 5.57. The number of amides is 2. The Morgan fingerprint density at radius 2 is 1.90 bits per heavy atom. The van der Waals surface area contributed by atoms with E-state index < -0.39 is 29.8 Å². The molecule has 1 rings (SSSR count). The SMILES string of the molecule is COC(=O)C[C@@H](C)NC(=O)Nc1ccccc1C(F)(F)F. The van der Waals surface area contributed by atoms with Crippen LogP contribution in [0.2, 0.25) is 0 Å². The molecular formula is C13H15F3N2O3. The zero-order valence-electron chi connectivity index (χ0n) is 11.5. The summed E-state index contributed by atoms with van der Waals surface area (Å²) in [5.41, 5.74) is -1.30. The maximum atomic E-state index is 12.7. The molecule has 0 aliphatic rings. The average Bonchev–Trinajstić information content (AvgIpc) is 2.37. The zero-order valence-corrected chi connectivity index (χ0v) is 11.5. The first-order valence-corrected chi connectivity index (χ1v) is 6.04. The van der Waals surface area contributed by atoms with Gasteiger partial charge in [-0.05, 0) is 19.1 Å². The van der Waals surface area contributed by atoms with Crippen molar-refractivity contribution in [1.82, 2.24) is 5.32 Å². The van der Waals surface area contributed by atoms with Crippen LogP contribution in [0.25, 0.3) is 0 Å². The van der Waals surface area contributed by atoms with Crippen LogP contribution in [0.3, 0.4) is 0 Å². The number of halogens is 3. The van der Waals surface area contributed by atoms with Gasteiger partial charge in [0.25, 0.3) is 0 Å². The lowest BCUT2D eigenvalue weighted by atomic mass is 10.1. The number of benzene rings is 1. The Balaban J connectivity index is 2.70. The number of methoxy groups -OCH3 is 1. The molecule has 1 aromatic carbocycles. The van der Waals surface area contributed by atoms with E-state index in [2.05, 4.69) is 15.4 Å². The molecule has 21 heavy (non-hydrogen) atoms. The fraction of sp³-hybridized carbons (Fsp3) is 0.385. The first kappa shape index (κ1) is 16.8. The number of urea groups is 1. The lowest BCUT2D eigenvalue weighted by Gasteiger charge is -2.16. The number of alkyl halides is 3. The van der Waals surface area contributed by atoms with E-state index in [1.165, 1.54) is 26.2 Å². The molecule has 5 nitrogen and oxygen atoms in total. The van der Waals surface area contributed by atoms with Crippen LogP contribution >= 0.6 is 0 Å². The molecule has 0 saturated heterocycles. The summed E-state index contributed by atoms with van der Waals surface area (Å²) in [7, 11) is 1.20. The first-order chi connectivity index (χ1) is 9.74. The lowest BCUT2D eigenvalue weighted by molar-refractivity contribution is -0.141.